The van der Waals surface area contributed by atoms with E-state index in [9.17, 15) is 4.79 Å². The Morgan fingerprint density at radius 1 is 1.07 bits per heavy atom. The number of carbonyl (C=O) groups is 1. The number of carbonyl (C=O) groups excluding carboxylic acids is 1. The van der Waals surface area contributed by atoms with Gasteiger partial charge in [-0.2, -0.15) is 0 Å². The second kappa shape index (κ2) is 8.78. The molecular formula is C23H26N2O4. The molecule has 2 atom stereocenters. The zero-order valence-corrected chi connectivity index (χ0v) is 16.7. The van der Waals surface area contributed by atoms with Crippen molar-refractivity contribution in [2.24, 2.45) is 0 Å². The fraction of sp³-hybridized carbons (Fsp3) is 0.348. The van der Waals surface area contributed by atoms with Crippen molar-refractivity contribution >= 4 is 16.9 Å². The number of fused-ring (bicyclic) bond motifs is 3. The molecule has 2 aromatic carbocycles. The number of esters is 1. The maximum Gasteiger partial charge on any atom is 0.323 e. The summed E-state index contributed by atoms with van der Waals surface area (Å²) in [4.78, 5) is 16.4. The molecule has 6 nitrogen and oxygen atoms in total. The van der Waals surface area contributed by atoms with E-state index in [1.54, 1.807) is 14.2 Å². The zero-order valence-electron chi connectivity index (χ0n) is 16.7. The average molecular weight is 394 g/mol. The molecule has 2 unspecified atom stereocenters. The lowest BCUT2D eigenvalue weighted by Crippen LogP contribution is -2.46. The quantitative estimate of drug-likeness (QED) is 0.474. The monoisotopic (exact) mass is 394 g/mol. The maximum absolute atomic E-state index is 12.9. The molecular weight excluding hydrogens is 368 g/mol. The standard InChI is InChI=1S/C23H26N2O4/c1-27-21(28-2)13-19-22-17(16-10-6-7-11-18(16)25-22)12-20(24-19)23(26)29-14-15-8-4-3-5-9-15/h3-11,19-21,24-25H,12-14H2,1-2H3. The second-order valence-corrected chi connectivity index (χ2v) is 7.27. The molecule has 4 rings (SSSR count). The van der Waals surface area contributed by atoms with Gasteiger partial charge in [0.25, 0.3) is 0 Å². The molecule has 2 N–H and O–H groups in total. The Morgan fingerprint density at radius 2 is 1.79 bits per heavy atom. The van der Waals surface area contributed by atoms with Gasteiger partial charge in [0.05, 0.1) is 6.04 Å². The highest BCUT2D eigenvalue weighted by molar-refractivity contribution is 5.87. The minimum atomic E-state index is -0.426. The number of aromatic nitrogens is 1. The van der Waals surface area contributed by atoms with Crippen LogP contribution in [0.4, 0.5) is 0 Å². The summed E-state index contributed by atoms with van der Waals surface area (Å²) in [7, 11) is 3.24. The van der Waals surface area contributed by atoms with E-state index >= 15 is 0 Å². The fourth-order valence-corrected chi connectivity index (χ4v) is 3.98. The van der Waals surface area contributed by atoms with Gasteiger partial charge >= 0.3 is 5.97 Å². The highest BCUT2D eigenvalue weighted by Gasteiger charge is 2.35. The van der Waals surface area contributed by atoms with Crippen molar-refractivity contribution in [1.82, 2.24) is 10.3 Å². The minimum absolute atomic E-state index is 0.106. The Balaban J connectivity index is 1.57. The van der Waals surface area contributed by atoms with Crippen molar-refractivity contribution in [3.8, 4) is 0 Å². The van der Waals surface area contributed by atoms with Gasteiger partial charge in [0.1, 0.15) is 12.6 Å². The average Bonchev–Trinajstić information content (AvgIpc) is 3.15. The maximum atomic E-state index is 12.9. The minimum Gasteiger partial charge on any atom is -0.460 e. The molecule has 0 saturated heterocycles. The topological polar surface area (TPSA) is 72.6 Å². The van der Waals surface area contributed by atoms with Gasteiger partial charge in [-0.05, 0) is 17.2 Å². The van der Waals surface area contributed by atoms with E-state index in [1.165, 1.54) is 0 Å². The van der Waals surface area contributed by atoms with Crippen LogP contribution in [0.2, 0.25) is 0 Å². The van der Waals surface area contributed by atoms with Crippen LogP contribution < -0.4 is 5.32 Å². The number of rotatable bonds is 7. The number of hydrogen-bond donors (Lipinski definition) is 2. The first-order valence-corrected chi connectivity index (χ1v) is 9.81. The SMILES string of the molecule is COC(CC1NC(C(=O)OCc2ccccc2)Cc2c1[nH]c1ccccc21)OC. The summed E-state index contributed by atoms with van der Waals surface area (Å²) in [5.41, 5.74) is 4.27. The molecule has 6 heteroatoms. The van der Waals surface area contributed by atoms with Gasteiger partial charge in [0.15, 0.2) is 6.29 Å². The molecule has 29 heavy (non-hydrogen) atoms. The molecule has 1 aromatic heterocycles. The summed E-state index contributed by atoms with van der Waals surface area (Å²) in [6.07, 6.45) is 0.787. The van der Waals surface area contributed by atoms with Gasteiger partial charge in [-0.3, -0.25) is 10.1 Å². The molecule has 0 spiro atoms. The first kappa shape index (κ1) is 19.6. The highest BCUT2D eigenvalue weighted by Crippen LogP contribution is 2.34. The number of nitrogens with one attached hydrogen (secondary N) is 2. The zero-order chi connectivity index (χ0) is 20.2. The van der Waals surface area contributed by atoms with Crippen molar-refractivity contribution < 1.29 is 19.0 Å². The van der Waals surface area contributed by atoms with E-state index in [4.69, 9.17) is 14.2 Å². The summed E-state index contributed by atoms with van der Waals surface area (Å²) >= 11 is 0. The number of ether oxygens (including phenoxy) is 3. The molecule has 0 aliphatic carbocycles. The van der Waals surface area contributed by atoms with Crippen LogP contribution in [0.3, 0.4) is 0 Å². The molecule has 3 aromatic rings. The van der Waals surface area contributed by atoms with Crippen LogP contribution in [0.5, 0.6) is 0 Å². The van der Waals surface area contributed by atoms with E-state index in [-0.39, 0.29) is 24.9 Å². The predicted molar refractivity (Wildman–Crippen MR) is 110 cm³/mol. The van der Waals surface area contributed by atoms with Crippen molar-refractivity contribution in [3.05, 3.63) is 71.4 Å². The molecule has 1 aliphatic heterocycles. The third-order valence-corrected chi connectivity index (χ3v) is 5.47. The summed E-state index contributed by atoms with van der Waals surface area (Å²) in [5.74, 6) is -0.249. The Hall–Kier alpha value is -2.67. The second-order valence-electron chi connectivity index (χ2n) is 7.27. The van der Waals surface area contributed by atoms with Crippen molar-refractivity contribution in [2.75, 3.05) is 14.2 Å². The van der Waals surface area contributed by atoms with Crippen molar-refractivity contribution in [3.63, 3.8) is 0 Å². The van der Waals surface area contributed by atoms with Crippen molar-refractivity contribution in [1.29, 1.82) is 0 Å². The lowest BCUT2D eigenvalue weighted by atomic mass is 9.92. The molecule has 0 saturated carbocycles. The molecule has 0 amide bonds. The number of benzene rings is 2. The van der Waals surface area contributed by atoms with E-state index in [0.29, 0.717) is 12.8 Å². The third-order valence-electron chi connectivity index (χ3n) is 5.47. The first-order chi connectivity index (χ1) is 14.2. The van der Waals surface area contributed by atoms with Crippen LogP contribution in [0.25, 0.3) is 10.9 Å². The van der Waals surface area contributed by atoms with Crippen LogP contribution in [-0.2, 0) is 32.0 Å². The molecule has 0 bridgehead atoms. The molecule has 152 valence electrons. The van der Waals surface area contributed by atoms with E-state index in [2.05, 4.69) is 22.4 Å². The Labute approximate surface area is 170 Å². The summed E-state index contributed by atoms with van der Waals surface area (Å²) in [5, 5.41) is 4.58. The van der Waals surface area contributed by atoms with Crippen LogP contribution in [0.15, 0.2) is 54.6 Å². The van der Waals surface area contributed by atoms with Crippen LogP contribution in [0.1, 0.15) is 29.3 Å². The van der Waals surface area contributed by atoms with Gasteiger partial charge in [0.2, 0.25) is 0 Å². The number of aromatic amines is 1. The number of methoxy groups -OCH3 is 2. The number of hydrogen-bond acceptors (Lipinski definition) is 5. The largest absolute Gasteiger partial charge is 0.460 e. The lowest BCUT2D eigenvalue weighted by molar-refractivity contribution is -0.148. The summed E-state index contributed by atoms with van der Waals surface area (Å²) in [6.45, 7) is 0.266. The van der Waals surface area contributed by atoms with E-state index < -0.39 is 6.04 Å². The van der Waals surface area contributed by atoms with E-state index in [1.807, 2.05) is 42.5 Å². The fourth-order valence-electron chi connectivity index (χ4n) is 3.98. The smallest absolute Gasteiger partial charge is 0.323 e. The third kappa shape index (κ3) is 4.19. The first-order valence-electron chi connectivity index (χ1n) is 9.81. The van der Waals surface area contributed by atoms with E-state index in [0.717, 1.165) is 27.7 Å². The van der Waals surface area contributed by atoms with Gasteiger partial charge in [0, 0.05) is 43.7 Å². The predicted octanol–water partition coefficient (Wildman–Crippen LogP) is 3.48. The molecule has 2 heterocycles. The lowest BCUT2D eigenvalue weighted by Gasteiger charge is -2.31. The van der Waals surface area contributed by atoms with Gasteiger partial charge in [-0.15, -0.1) is 0 Å². The van der Waals surface area contributed by atoms with Crippen molar-refractivity contribution in [2.45, 2.75) is 37.8 Å². The normalized spacial score (nSPS) is 18.7. The van der Waals surface area contributed by atoms with Crippen LogP contribution >= 0.6 is 0 Å². The Morgan fingerprint density at radius 3 is 2.55 bits per heavy atom. The van der Waals surface area contributed by atoms with Gasteiger partial charge in [-0.25, -0.2) is 0 Å². The summed E-state index contributed by atoms with van der Waals surface area (Å²) in [6, 6.07) is 17.3. The van der Waals surface area contributed by atoms with Gasteiger partial charge in [-0.1, -0.05) is 48.5 Å². The summed E-state index contributed by atoms with van der Waals surface area (Å²) < 4.78 is 16.4. The molecule has 0 fully saturated rings. The number of H-pyrrole nitrogens is 1. The highest BCUT2D eigenvalue weighted by atomic mass is 16.7. The Bertz CT molecular complexity index is 965. The number of para-hydroxylation sites is 1. The Kier molecular flexibility index (Phi) is 5.94. The van der Waals surface area contributed by atoms with Crippen LogP contribution in [-0.4, -0.2) is 37.5 Å². The molecule has 1 aliphatic rings. The van der Waals surface area contributed by atoms with Gasteiger partial charge < -0.3 is 19.2 Å². The van der Waals surface area contributed by atoms with Crippen LogP contribution in [0, 0.1) is 0 Å². The molecule has 0 radical (unpaired) electrons.